The highest BCUT2D eigenvalue weighted by molar-refractivity contribution is 6.01. The van der Waals surface area contributed by atoms with Crippen LogP contribution < -0.4 is 10.7 Å². The summed E-state index contributed by atoms with van der Waals surface area (Å²) in [4.78, 5) is 23.9. The molecule has 1 aromatic carbocycles. The summed E-state index contributed by atoms with van der Waals surface area (Å²) in [6.45, 7) is 5.81. The molecule has 0 unspecified atom stereocenters. The van der Waals surface area contributed by atoms with Crippen LogP contribution in [0, 0.1) is 5.92 Å². The summed E-state index contributed by atoms with van der Waals surface area (Å²) in [5, 5.41) is 6.98. The Morgan fingerprint density at radius 2 is 1.80 bits per heavy atom. The lowest BCUT2D eigenvalue weighted by molar-refractivity contribution is -0.120. The van der Waals surface area contributed by atoms with Gasteiger partial charge in [-0.15, -0.1) is 0 Å². The van der Waals surface area contributed by atoms with Crippen molar-refractivity contribution in [2.75, 3.05) is 5.32 Å². The molecule has 0 aliphatic rings. The lowest BCUT2D eigenvalue weighted by Gasteiger charge is -2.13. The summed E-state index contributed by atoms with van der Waals surface area (Å²) in [5.74, 6) is -0.136. The van der Waals surface area contributed by atoms with Crippen molar-refractivity contribution in [3.05, 3.63) is 54.0 Å². The summed E-state index contributed by atoms with van der Waals surface area (Å²) >= 11 is 0. The minimum atomic E-state index is -0.404. The van der Waals surface area contributed by atoms with Crippen molar-refractivity contribution in [1.82, 2.24) is 5.43 Å². The van der Waals surface area contributed by atoms with E-state index in [1.807, 2.05) is 38.1 Å². The van der Waals surface area contributed by atoms with Gasteiger partial charge < -0.3 is 9.73 Å². The van der Waals surface area contributed by atoms with E-state index in [1.54, 1.807) is 19.1 Å². The van der Waals surface area contributed by atoms with Gasteiger partial charge in [0.1, 0.15) is 0 Å². The number of carbonyl (C=O) groups excluding carboxylic acids is 2. The molecule has 2 N–H and O–H groups in total. The van der Waals surface area contributed by atoms with Crippen LogP contribution in [-0.2, 0) is 4.79 Å². The van der Waals surface area contributed by atoms with Crippen LogP contribution >= 0.6 is 0 Å². The van der Waals surface area contributed by atoms with Gasteiger partial charge in [0.05, 0.1) is 12.0 Å². The zero-order valence-corrected chi connectivity index (χ0v) is 14.7. The molecule has 6 nitrogen and oxygen atoms in total. The topological polar surface area (TPSA) is 83.7 Å². The standard InChI is InChI=1S/C19H23N3O3/c1-4-14(5-2)18(23)20-16-10-8-15(9-11-16)13(3)21-22-19(24)17-7-6-12-25-17/h6-12,14H,4-5H2,1-3H3,(H,20,23)(H,22,24)/b21-13-. The fourth-order valence-electron chi connectivity index (χ4n) is 2.36. The Morgan fingerprint density at radius 1 is 1.12 bits per heavy atom. The van der Waals surface area contributed by atoms with Crippen molar-refractivity contribution in [2.24, 2.45) is 11.0 Å². The zero-order chi connectivity index (χ0) is 18.2. The molecule has 2 rings (SSSR count). The fraction of sp³-hybridized carbons (Fsp3) is 0.316. The number of nitrogens with one attached hydrogen (secondary N) is 2. The highest BCUT2D eigenvalue weighted by Crippen LogP contribution is 2.14. The van der Waals surface area contributed by atoms with Gasteiger partial charge >= 0.3 is 5.91 Å². The Labute approximate surface area is 147 Å². The van der Waals surface area contributed by atoms with Gasteiger partial charge in [0, 0.05) is 11.6 Å². The maximum absolute atomic E-state index is 12.1. The SMILES string of the molecule is CCC(CC)C(=O)Nc1ccc(/C(C)=N\NC(=O)c2ccco2)cc1. The van der Waals surface area contributed by atoms with Crippen LogP contribution in [0.4, 0.5) is 5.69 Å². The van der Waals surface area contributed by atoms with Gasteiger partial charge in [-0.25, -0.2) is 5.43 Å². The molecule has 25 heavy (non-hydrogen) atoms. The monoisotopic (exact) mass is 341 g/mol. The summed E-state index contributed by atoms with van der Waals surface area (Å²) in [6, 6.07) is 10.5. The molecule has 0 saturated carbocycles. The highest BCUT2D eigenvalue weighted by atomic mass is 16.3. The third-order valence-electron chi connectivity index (χ3n) is 4.00. The van der Waals surface area contributed by atoms with E-state index >= 15 is 0 Å². The number of nitrogens with zero attached hydrogens (tertiary/aromatic N) is 1. The minimum Gasteiger partial charge on any atom is -0.459 e. The number of furan rings is 1. The van der Waals surface area contributed by atoms with E-state index < -0.39 is 5.91 Å². The lowest BCUT2D eigenvalue weighted by atomic mass is 10.0. The van der Waals surface area contributed by atoms with Gasteiger partial charge in [0.2, 0.25) is 5.91 Å². The minimum absolute atomic E-state index is 0.0276. The molecule has 6 heteroatoms. The molecule has 0 spiro atoms. The third-order valence-corrected chi connectivity index (χ3v) is 4.00. The second-order valence-corrected chi connectivity index (χ2v) is 5.70. The van der Waals surface area contributed by atoms with Gasteiger partial charge in [-0.05, 0) is 49.6 Å². The van der Waals surface area contributed by atoms with E-state index in [-0.39, 0.29) is 17.6 Å². The predicted octanol–water partition coefficient (Wildman–Crippen LogP) is 3.81. The molecule has 132 valence electrons. The molecule has 0 aliphatic heterocycles. The maximum Gasteiger partial charge on any atom is 0.307 e. The second-order valence-electron chi connectivity index (χ2n) is 5.70. The van der Waals surface area contributed by atoms with E-state index in [1.165, 1.54) is 6.26 Å². The number of amides is 2. The molecule has 0 atom stereocenters. The number of benzene rings is 1. The van der Waals surface area contributed by atoms with Crippen molar-refractivity contribution in [2.45, 2.75) is 33.6 Å². The van der Waals surface area contributed by atoms with Crippen molar-refractivity contribution in [3.63, 3.8) is 0 Å². The summed E-state index contributed by atoms with van der Waals surface area (Å²) in [5.41, 5.74) is 4.69. The van der Waals surface area contributed by atoms with Crippen LogP contribution in [0.1, 0.15) is 49.7 Å². The molecule has 0 radical (unpaired) electrons. The molecule has 0 aliphatic carbocycles. The number of anilines is 1. The van der Waals surface area contributed by atoms with E-state index in [0.717, 1.165) is 24.1 Å². The van der Waals surface area contributed by atoms with Crippen LogP contribution in [0.25, 0.3) is 0 Å². The molecule has 0 saturated heterocycles. The third kappa shape index (κ3) is 5.04. The number of rotatable bonds is 7. The molecule has 1 heterocycles. The molecule has 0 fully saturated rings. The van der Waals surface area contributed by atoms with Crippen LogP contribution in [0.3, 0.4) is 0 Å². The average Bonchev–Trinajstić information content (AvgIpc) is 3.16. The van der Waals surface area contributed by atoms with Crippen LogP contribution in [0.5, 0.6) is 0 Å². The van der Waals surface area contributed by atoms with Crippen molar-refractivity contribution >= 4 is 23.2 Å². The molecule has 0 bridgehead atoms. The summed E-state index contributed by atoms with van der Waals surface area (Å²) in [7, 11) is 0. The Bertz CT molecular complexity index is 730. The molecular weight excluding hydrogens is 318 g/mol. The molecule has 2 amide bonds. The highest BCUT2D eigenvalue weighted by Gasteiger charge is 2.14. The van der Waals surface area contributed by atoms with E-state index in [4.69, 9.17) is 4.42 Å². The van der Waals surface area contributed by atoms with Crippen molar-refractivity contribution in [1.29, 1.82) is 0 Å². The van der Waals surface area contributed by atoms with Gasteiger partial charge in [-0.2, -0.15) is 5.10 Å². The van der Waals surface area contributed by atoms with Crippen LogP contribution in [0.15, 0.2) is 52.2 Å². The van der Waals surface area contributed by atoms with Gasteiger partial charge in [-0.3, -0.25) is 9.59 Å². The smallest absolute Gasteiger partial charge is 0.307 e. The van der Waals surface area contributed by atoms with Gasteiger partial charge in [-0.1, -0.05) is 26.0 Å². The first-order chi connectivity index (χ1) is 12.0. The van der Waals surface area contributed by atoms with E-state index in [2.05, 4.69) is 15.8 Å². The predicted molar refractivity (Wildman–Crippen MR) is 97.5 cm³/mol. The zero-order valence-electron chi connectivity index (χ0n) is 14.7. The van der Waals surface area contributed by atoms with Crippen molar-refractivity contribution < 1.29 is 14.0 Å². The van der Waals surface area contributed by atoms with E-state index in [9.17, 15) is 9.59 Å². The Kier molecular flexibility index (Phi) is 6.51. The van der Waals surface area contributed by atoms with Crippen LogP contribution in [0.2, 0.25) is 0 Å². The summed E-state index contributed by atoms with van der Waals surface area (Å²) < 4.78 is 5.00. The lowest BCUT2D eigenvalue weighted by Crippen LogP contribution is -2.21. The number of hydrazone groups is 1. The Morgan fingerprint density at radius 3 is 2.36 bits per heavy atom. The first-order valence-corrected chi connectivity index (χ1v) is 8.34. The average molecular weight is 341 g/mol. The first-order valence-electron chi connectivity index (χ1n) is 8.34. The quantitative estimate of drug-likeness (QED) is 0.593. The molecule has 2 aromatic rings. The Hall–Kier alpha value is -2.89. The second kappa shape index (κ2) is 8.82. The van der Waals surface area contributed by atoms with Gasteiger partial charge in [0.15, 0.2) is 5.76 Å². The molecular formula is C19H23N3O3. The first kappa shape index (κ1) is 18.4. The maximum atomic E-state index is 12.1. The Balaban J connectivity index is 1.97. The summed E-state index contributed by atoms with van der Waals surface area (Å²) in [6.07, 6.45) is 3.07. The van der Waals surface area contributed by atoms with Crippen molar-refractivity contribution in [3.8, 4) is 0 Å². The van der Waals surface area contributed by atoms with Crippen LogP contribution in [-0.4, -0.2) is 17.5 Å². The largest absolute Gasteiger partial charge is 0.459 e. The molecule has 1 aromatic heterocycles. The number of hydrogen-bond donors (Lipinski definition) is 2. The fourth-order valence-corrected chi connectivity index (χ4v) is 2.36. The number of hydrogen-bond acceptors (Lipinski definition) is 4. The normalized spacial score (nSPS) is 11.4. The number of carbonyl (C=O) groups is 2. The van der Waals surface area contributed by atoms with E-state index in [0.29, 0.717) is 5.71 Å². The van der Waals surface area contributed by atoms with Gasteiger partial charge in [0.25, 0.3) is 0 Å².